The van der Waals surface area contributed by atoms with Crippen molar-refractivity contribution >= 4 is 17.6 Å². The van der Waals surface area contributed by atoms with Crippen LogP contribution in [-0.4, -0.2) is 11.1 Å². The van der Waals surface area contributed by atoms with Gasteiger partial charge in [0.1, 0.15) is 11.6 Å². The van der Waals surface area contributed by atoms with Crippen LogP contribution in [0.15, 0.2) is 36.4 Å². The van der Waals surface area contributed by atoms with Gasteiger partial charge in [-0.1, -0.05) is 29.8 Å². The molecule has 2 rings (SSSR count). The summed E-state index contributed by atoms with van der Waals surface area (Å²) in [6, 6.07) is 8.37. The number of rotatable bonds is 4. The van der Waals surface area contributed by atoms with Crippen LogP contribution in [0, 0.1) is 18.6 Å². The van der Waals surface area contributed by atoms with Crippen molar-refractivity contribution in [3.8, 4) is 0 Å². The molecule has 0 radical (unpaired) electrons. The van der Waals surface area contributed by atoms with Crippen LogP contribution in [0.4, 0.5) is 8.78 Å². The third kappa shape index (κ3) is 3.39. The zero-order chi connectivity index (χ0) is 15.6. The normalized spacial score (nSPS) is 12.2. The van der Waals surface area contributed by atoms with Gasteiger partial charge in [0.15, 0.2) is 0 Å². The summed E-state index contributed by atoms with van der Waals surface area (Å²) in [6.45, 7) is 1.59. The van der Waals surface area contributed by atoms with Crippen molar-refractivity contribution in [2.45, 2.75) is 19.3 Å². The van der Waals surface area contributed by atoms with E-state index in [4.69, 9.17) is 11.6 Å². The quantitative estimate of drug-likeness (QED) is 0.912. The molecule has 0 saturated heterocycles. The summed E-state index contributed by atoms with van der Waals surface area (Å²) in [6.07, 6.45) is -0.136. The minimum atomic E-state index is -1.16. The van der Waals surface area contributed by atoms with Crippen LogP contribution >= 0.6 is 11.6 Å². The summed E-state index contributed by atoms with van der Waals surface area (Å²) in [5.41, 5.74) is 0.823. The average Bonchev–Trinajstić information content (AvgIpc) is 2.41. The Morgan fingerprint density at radius 1 is 1.24 bits per heavy atom. The molecule has 1 N–H and O–H groups in total. The summed E-state index contributed by atoms with van der Waals surface area (Å²) >= 11 is 5.92. The second-order valence-electron chi connectivity index (χ2n) is 4.80. The largest absolute Gasteiger partial charge is 0.481 e. The molecule has 2 aromatic carbocycles. The van der Waals surface area contributed by atoms with E-state index in [0.29, 0.717) is 5.56 Å². The van der Waals surface area contributed by atoms with Gasteiger partial charge in [-0.3, -0.25) is 4.79 Å². The predicted molar refractivity (Wildman–Crippen MR) is 76.6 cm³/mol. The lowest BCUT2D eigenvalue weighted by Gasteiger charge is -2.15. The van der Waals surface area contributed by atoms with Crippen molar-refractivity contribution in [2.75, 3.05) is 0 Å². The van der Waals surface area contributed by atoms with E-state index in [0.717, 1.165) is 0 Å². The molecule has 1 unspecified atom stereocenters. The number of carbonyl (C=O) groups is 1. The molecule has 5 heteroatoms. The van der Waals surface area contributed by atoms with Gasteiger partial charge >= 0.3 is 5.97 Å². The van der Waals surface area contributed by atoms with E-state index in [-0.39, 0.29) is 22.6 Å². The maximum atomic E-state index is 13.8. The Labute approximate surface area is 126 Å². The van der Waals surface area contributed by atoms with E-state index in [1.807, 2.05) is 0 Å². The van der Waals surface area contributed by atoms with Crippen molar-refractivity contribution in [3.63, 3.8) is 0 Å². The highest BCUT2D eigenvalue weighted by Gasteiger charge is 2.24. The standard InChI is InChI=1S/C16H13ClF2O2/c1-9-5-6-10(7-15(9)19)11(16(20)21)8-12-13(17)3-2-4-14(12)18/h2-7,11H,8H2,1H3,(H,20,21). The molecule has 0 amide bonds. The fourth-order valence-electron chi connectivity index (χ4n) is 2.11. The molecular formula is C16H13ClF2O2. The second-order valence-corrected chi connectivity index (χ2v) is 5.21. The third-order valence-electron chi connectivity index (χ3n) is 3.37. The molecule has 0 aliphatic heterocycles. The molecule has 110 valence electrons. The van der Waals surface area contributed by atoms with Crippen LogP contribution in [0.2, 0.25) is 5.02 Å². The molecule has 0 saturated carbocycles. The lowest BCUT2D eigenvalue weighted by atomic mass is 9.91. The molecule has 2 aromatic rings. The predicted octanol–water partition coefficient (Wildman–Crippen LogP) is 4.34. The van der Waals surface area contributed by atoms with Crippen LogP contribution in [0.25, 0.3) is 0 Å². The zero-order valence-electron chi connectivity index (χ0n) is 11.2. The Bertz CT molecular complexity index is 666. The Kier molecular flexibility index (Phi) is 4.58. The molecule has 0 aliphatic rings. The highest BCUT2D eigenvalue weighted by Crippen LogP contribution is 2.28. The topological polar surface area (TPSA) is 37.3 Å². The summed E-state index contributed by atoms with van der Waals surface area (Å²) < 4.78 is 27.4. The molecule has 2 nitrogen and oxygen atoms in total. The number of aliphatic carboxylic acids is 1. The molecule has 0 aliphatic carbocycles. The number of benzene rings is 2. The summed E-state index contributed by atoms with van der Waals surface area (Å²) in [4.78, 5) is 11.4. The van der Waals surface area contributed by atoms with E-state index < -0.39 is 23.5 Å². The Morgan fingerprint density at radius 3 is 2.52 bits per heavy atom. The van der Waals surface area contributed by atoms with Crippen molar-refractivity contribution in [1.29, 1.82) is 0 Å². The van der Waals surface area contributed by atoms with Gasteiger partial charge in [0.05, 0.1) is 5.92 Å². The maximum absolute atomic E-state index is 13.8. The first-order valence-corrected chi connectivity index (χ1v) is 6.69. The van der Waals surface area contributed by atoms with Gasteiger partial charge in [-0.05, 0) is 42.7 Å². The van der Waals surface area contributed by atoms with Gasteiger partial charge in [0.25, 0.3) is 0 Å². The number of carboxylic acids is 1. The van der Waals surface area contributed by atoms with Crippen LogP contribution in [-0.2, 0) is 11.2 Å². The Balaban J connectivity index is 2.40. The summed E-state index contributed by atoms with van der Waals surface area (Å²) in [7, 11) is 0. The molecule has 0 fully saturated rings. The molecular weight excluding hydrogens is 298 g/mol. The first-order chi connectivity index (χ1) is 9.90. The fourth-order valence-corrected chi connectivity index (χ4v) is 2.35. The van der Waals surface area contributed by atoms with Crippen LogP contribution in [0.3, 0.4) is 0 Å². The highest BCUT2D eigenvalue weighted by atomic mass is 35.5. The third-order valence-corrected chi connectivity index (χ3v) is 3.72. The first-order valence-electron chi connectivity index (χ1n) is 6.32. The second kappa shape index (κ2) is 6.22. The van der Waals surface area contributed by atoms with Crippen LogP contribution in [0.1, 0.15) is 22.6 Å². The molecule has 0 heterocycles. The van der Waals surface area contributed by atoms with Crippen molar-refractivity contribution in [2.24, 2.45) is 0 Å². The first kappa shape index (κ1) is 15.4. The zero-order valence-corrected chi connectivity index (χ0v) is 12.0. The number of halogens is 3. The minimum absolute atomic E-state index is 0.118. The summed E-state index contributed by atoms with van der Waals surface area (Å²) in [5, 5.41) is 9.50. The number of carboxylic acid groups (broad SMARTS) is 1. The molecule has 21 heavy (non-hydrogen) atoms. The fraction of sp³-hybridized carbons (Fsp3) is 0.188. The van der Waals surface area contributed by atoms with Gasteiger partial charge in [0, 0.05) is 10.6 Å². The van der Waals surface area contributed by atoms with Gasteiger partial charge in [-0.2, -0.15) is 0 Å². The highest BCUT2D eigenvalue weighted by molar-refractivity contribution is 6.31. The van der Waals surface area contributed by atoms with E-state index in [2.05, 4.69) is 0 Å². The average molecular weight is 311 g/mol. The lowest BCUT2D eigenvalue weighted by molar-refractivity contribution is -0.138. The molecule has 0 spiro atoms. The van der Waals surface area contributed by atoms with E-state index in [1.165, 1.54) is 36.4 Å². The van der Waals surface area contributed by atoms with Gasteiger partial charge in [0.2, 0.25) is 0 Å². The Hall–Kier alpha value is -1.94. The summed E-state index contributed by atoms with van der Waals surface area (Å²) in [5.74, 6) is -3.27. The number of hydrogen-bond donors (Lipinski definition) is 1. The van der Waals surface area contributed by atoms with Crippen molar-refractivity contribution < 1.29 is 18.7 Å². The number of hydrogen-bond acceptors (Lipinski definition) is 1. The van der Waals surface area contributed by atoms with E-state index in [1.54, 1.807) is 6.92 Å². The van der Waals surface area contributed by atoms with Gasteiger partial charge < -0.3 is 5.11 Å². The molecule has 1 atom stereocenters. The van der Waals surface area contributed by atoms with Gasteiger partial charge in [-0.25, -0.2) is 8.78 Å². The lowest BCUT2D eigenvalue weighted by Crippen LogP contribution is -2.16. The van der Waals surface area contributed by atoms with Crippen molar-refractivity contribution in [3.05, 3.63) is 69.7 Å². The van der Waals surface area contributed by atoms with Crippen LogP contribution in [0.5, 0.6) is 0 Å². The minimum Gasteiger partial charge on any atom is -0.481 e. The Morgan fingerprint density at radius 2 is 1.95 bits per heavy atom. The smallest absolute Gasteiger partial charge is 0.311 e. The van der Waals surface area contributed by atoms with Gasteiger partial charge in [-0.15, -0.1) is 0 Å². The molecule has 0 aromatic heterocycles. The van der Waals surface area contributed by atoms with E-state index in [9.17, 15) is 18.7 Å². The van der Waals surface area contributed by atoms with E-state index >= 15 is 0 Å². The monoisotopic (exact) mass is 310 g/mol. The van der Waals surface area contributed by atoms with Crippen LogP contribution < -0.4 is 0 Å². The SMILES string of the molecule is Cc1ccc(C(Cc2c(F)cccc2Cl)C(=O)O)cc1F. The molecule has 0 bridgehead atoms. The van der Waals surface area contributed by atoms with Crippen molar-refractivity contribution in [1.82, 2.24) is 0 Å². The maximum Gasteiger partial charge on any atom is 0.311 e. The number of aryl methyl sites for hydroxylation is 1.